The highest BCUT2D eigenvalue weighted by Crippen LogP contribution is 2.41. The first kappa shape index (κ1) is 40.1. The van der Waals surface area contributed by atoms with E-state index >= 15 is 0 Å². The van der Waals surface area contributed by atoms with E-state index in [-0.39, 0.29) is 18.4 Å². The molecular weight excluding hydrogens is 712 g/mol. The van der Waals surface area contributed by atoms with Gasteiger partial charge in [0.05, 0.1) is 18.8 Å². The summed E-state index contributed by atoms with van der Waals surface area (Å²) in [6.07, 6.45) is 3.18. The van der Waals surface area contributed by atoms with Crippen molar-refractivity contribution in [3.63, 3.8) is 0 Å². The van der Waals surface area contributed by atoms with Crippen molar-refractivity contribution in [2.75, 3.05) is 13.2 Å². The van der Waals surface area contributed by atoms with E-state index in [0.717, 1.165) is 32.6 Å². The molecule has 0 spiro atoms. The average molecular weight is 761 g/mol. The number of carbonyl (C=O) groups is 2. The molecule has 0 radical (unpaired) electrons. The van der Waals surface area contributed by atoms with Gasteiger partial charge in [-0.05, 0) is 65.9 Å². The highest BCUT2D eigenvalue weighted by atomic mass is 31.1. The molecule has 5 nitrogen and oxygen atoms in total. The van der Waals surface area contributed by atoms with Crippen molar-refractivity contribution in [2.24, 2.45) is 11.8 Å². The second kappa shape index (κ2) is 19.8. The minimum Gasteiger partial charge on any atom is -0.463 e. The summed E-state index contributed by atoms with van der Waals surface area (Å²) in [6.45, 7) is 6.47. The maximum Gasteiger partial charge on any atom is 0.339 e. The molecule has 6 aromatic rings. The SMILES string of the molecule is CCOC(=O)/C=C/C[C@H](C)[C@@H](OC(=O)c1ccccc1P(c1ccccc1)c1ccccc1)[C@@H](C)COC(c1ccccc1)(c1ccccc1)c1ccccc1. The van der Waals surface area contributed by atoms with Gasteiger partial charge in [-0.2, -0.15) is 0 Å². The Hall–Kier alpha value is -5.61. The lowest BCUT2D eigenvalue weighted by Crippen LogP contribution is -2.39. The molecule has 284 valence electrons. The molecule has 0 bridgehead atoms. The second-order valence-electron chi connectivity index (χ2n) is 13.8. The van der Waals surface area contributed by atoms with Gasteiger partial charge in [-0.15, -0.1) is 0 Å². The van der Waals surface area contributed by atoms with Crippen molar-refractivity contribution in [3.8, 4) is 0 Å². The van der Waals surface area contributed by atoms with Crippen LogP contribution in [0.5, 0.6) is 0 Å². The van der Waals surface area contributed by atoms with Crippen molar-refractivity contribution in [1.29, 1.82) is 0 Å². The van der Waals surface area contributed by atoms with Gasteiger partial charge < -0.3 is 14.2 Å². The third kappa shape index (κ3) is 9.60. The van der Waals surface area contributed by atoms with Crippen LogP contribution in [-0.2, 0) is 24.6 Å². The van der Waals surface area contributed by atoms with Crippen LogP contribution >= 0.6 is 7.92 Å². The van der Waals surface area contributed by atoms with Crippen molar-refractivity contribution < 1.29 is 23.8 Å². The zero-order chi connectivity index (χ0) is 39.2. The van der Waals surface area contributed by atoms with Crippen LogP contribution in [0.25, 0.3) is 0 Å². The van der Waals surface area contributed by atoms with E-state index in [0.29, 0.717) is 18.6 Å². The van der Waals surface area contributed by atoms with Crippen LogP contribution in [0.1, 0.15) is 54.2 Å². The smallest absolute Gasteiger partial charge is 0.339 e. The molecule has 0 saturated heterocycles. The first-order chi connectivity index (χ1) is 27.4. The van der Waals surface area contributed by atoms with E-state index < -0.39 is 31.6 Å². The Bertz CT molecular complexity index is 2000. The maximum absolute atomic E-state index is 14.6. The summed E-state index contributed by atoms with van der Waals surface area (Å²) in [7, 11) is -1.06. The Morgan fingerprint density at radius 1 is 0.607 bits per heavy atom. The molecule has 0 aliphatic rings. The average Bonchev–Trinajstić information content (AvgIpc) is 3.25. The first-order valence-corrected chi connectivity index (χ1v) is 20.6. The topological polar surface area (TPSA) is 61.8 Å². The minimum absolute atomic E-state index is 0.167. The van der Waals surface area contributed by atoms with Crippen LogP contribution in [-0.4, -0.2) is 31.3 Å². The minimum atomic E-state index is -1.06. The van der Waals surface area contributed by atoms with Crippen molar-refractivity contribution in [2.45, 2.75) is 38.9 Å². The third-order valence-electron chi connectivity index (χ3n) is 9.91. The molecule has 6 rings (SSSR count). The van der Waals surface area contributed by atoms with Gasteiger partial charge >= 0.3 is 11.9 Å². The zero-order valence-corrected chi connectivity index (χ0v) is 33.1. The molecule has 3 atom stereocenters. The molecule has 0 heterocycles. The molecule has 6 heteroatoms. The lowest BCUT2D eigenvalue weighted by atomic mass is 9.80. The van der Waals surface area contributed by atoms with Crippen LogP contribution in [0, 0.1) is 11.8 Å². The normalized spacial score (nSPS) is 13.2. The van der Waals surface area contributed by atoms with Crippen LogP contribution in [0.4, 0.5) is 0 Å². The Balaban J connectivity index is 1.36. The van der Waals surface area contributed by atoms with Crippen molar-refractivity contribution >= 4 is 35.8 Å². The third-order valence-corrected chi connectivity index (χ3v) is 12.4. The quantitative estimate of drug-likeness (QED) is 0.0401. The van der Waals surface area contributed by atoms with Gasteiger partial charge in [-0.3, -0.25) is 0 Å². The Kier molecular flexibility index (Phi) is 14.2. The summed E-state index contributed by atoms with van der Waals surface area (Å²) in [5.74, 6) is -1.21. The summed E-state index contributed by atoms with van der Waals surface area (Å²) in [5, 5.41) is 3.21. The summed E-state index contributed by atoms with van der Waals surface area (Å²) in [4.78, 5) is 26.9. The van der Waals surface area contributed by atoms with E-state index in [2.05, 4.69) is 74.5 Å². The van der Waals surface area contributed by atoms with E-state index in [4.69, 9.17) is 14.2 Å². The molecular formula is C50H49O5P. The largest absolute Gasteiger partial charge is 0.463 e. The molecule has 0 fully saturated rings. The molecule has 0 amide bonds. The van der Waals surface area contributed by atoms with Gasteiger partial charge in [0.25, 0.3) is 0 Å². The van der Waals surface area contributed by atoms with Gasteiger partial charge in [0, 0.05) is 12.0 Å². The Morgan fingerprint density at radius 3 is 1.54 bits per heavy atom. The first-order valence-electron chi connectivity index (χ1n) is 19.3. The number of allylic oxidation sites excluding steroid dienone is 1. The predicted molar refractivity (Wildman–Crippen MR) is 228 cm³/mol. The number of hydrogen-bond donors (Lipinski definition) is 0. The standard InChI is InChI=1S/C50H49O5P/c1-4-53-47(51)36-22-23-38(2)48(55-49(52)45-34-20-21-35-46(45)56(43-30-16-8-17-31-43)44-32-18-9-19-33-44)39(3)37-54-50(40-24-10-5-11-25-40,41-26-12-6-13-27-41)42-28-14-7-15-29-42/h5-22,24-36,38-39,48H,4,23,37H2,1-3H3/b36-22+/t38-,39-,48+/m0/s1. The number of carbonyl (C=O) groups excluding carboxylic acids is 2. The number of ether oxygens (including phenoxy) is 3. The fourth-order valence-corrected chi connectivity index (χ4v) is 9.66. The molecule has 0 aliphatic heterocycles. The summed E-state index contributed by atoms with van der Waals surface area (Å²) < 4.78 is 19.0. The second-order valence-corrected chi connectivity index (χ2v) is 16.0. The lowest BCUT2D eigenvalue weighted by Gasteiger charge is -2.38. The molecule has 56 heavy (non-hydrogen) atoms. The molecule has 0 aromatic heterocycles. The number of esters is 2. The lowest BCUT2D eigenvalue weighted by molar-refractivity contribution is -0.137. The number of rotatable bonds is 17. The predicted octanol–water partition coefficient (Wildman–Crippen LogP) is 9.76. The van der Waals surface area contributed by atoms with Crippen molar-refractivity contribution in [1.82, 2.24) is 0 Å². The molecule has 6 aromatic carbocycles. The van der Waals surface area contributed by atoms with E-state index in [1.54, 1.807) is 13.0 Å². The highest BCUT2D eigenvalue weighted by Gasteiger charge is 2.39. The van der Waals surface area contributed by atoms with Crippen LogP contribution < -0.4 is 15.9 Å². The zero-order valence-electron chi connectivity index (χ0n) is 32.2. The van der Waals surface area contributed by atoms with E-state index in [1.165, 1.54) is 6.08 Å². The number of benzene rings is 6. The fraction of sp³-hybridized carbons (Fsp3) is 0.200. The van der Waals surface area contributed by atoms with E-state index in [9.17, 15) is 9.59 Å². The Labute approximate surface area is 332 Å². The molecule has 0 unspecified atom stereocenters. The van der Waals surface area contributed by atoms with Gasteiger partial charge in [-0.1, -0.05) is 190 Å². The summed E-state index contributed by atoms with van der Waals surface area (Å²) >= 11 is 0. The van der Waals surface area contributed by atoms with Gasteiger partial charge in [0.2, 0.25) is 0 Å². The number of hydrogen-bond acceptors (Lipinski definition) is 5. The molecule has 0 N–H and O–H groups in total. The summed E-state index contributed by atoms with van der Waals surface area (Å²) in [6, 6.07) is 59.3. The van der Waals surface area contributed by atoms with Crippen LogP contribution in [0.2, 0.25) is 0 Å². The molecule has 0 aliphatic carbocycles. The monoisotopic (exact) mass is 760 g/mol. The Morgan fingerprint density at radius 2 is 1.05 bits per heavy atom. The van der Waals surface area contributed by atoms with Gasteiger partial charge in [0.15, 0.2) is 0 Å². The molecule has 0 saturated carbocycles. The maximum atomic E-state index is 14.6. The van der Waals surface area contributed by atoms with Gasteiger partial charge in [0.1, 0.15) is 11.7 Å². The van der Waals surface area contributed by atoms with E-state index in [1.807, 2.05) is 115 Å². The fourth-order valence-electron chi connectivity index (χ4n) is 7.23. The van der Waals surface area contributed by atoms with Crippen LogP contribution in [0.3, 0.4) is 0 Å². The summed E-state index contributed by atoms with van der Waals surface area (Å²) in [5.41, 5.74) is 2.58. The highest BCUT2D eigenvalue weighted by molar-refractivity contribution is 7.80. The van der Waals surface area contributed by atoms with Crippen molar-refractivity contribution in [3.05, 3.63) is 210 Å². The van der Waals surface area contributed by atoms with Crippen LogP contribution in [0.15, 0.2) is 188 Å². The van der Waals surface area contributed by atoms with Gasteiger partial charge in [-0.25, -0.2) is 9.59 Å².